The molecule has 0 fully saturated rings. The van der Waals surface area contributed by atoms with Crippen molar-refractivity contribution in [1.29, 1.82) is 0 Å². The normalized spacial score (nSPS) is 16.6. The molecule has 7 heteroatoms. The molecule has 1 aliphatic rings. The van der Waals surface area contributed by atoms with Gasteiger partial charge in [-0.05, 0) is 25.1 Å². The minimum absolute atomic E-state index is 0.0486. The number of hydrogen-bond donors (Lipinski definition) is 1. The van der Waals surface area contributed by atoms with Gasteiger partial charge in [-0.25, -0.2) is 14.0 Å². The van der Waals surface area contributed by atoms with Gasteiger partial charge in [0.25, 0.3) is 0 Å². The van der Waals surface area contributed by atoms with Crippen LogP contribution in [0.25, 0.3) is 0 Å². The van der Waals surface area contributed by atoms with E-state index in [4.69, 9.17) is 9.47 Å². The molecule has 2 amide bonds. The first-order valence-electron chi connectivity index (χ1n) is 8.89. The largest absolute Gasteiger partial charge is 0.487 e. The number of halogens is 1. The molecule has 0 saturated heterocycles. The zero-order valence-corrected chi connectivity index (χ0v) is 15.6. The molecule has 6 nitrogen and oxygen atoms in total. The number of para-hydroxylation sites is 1. The van der Waals surface area contributed by atoms with Crippen LogP contribution in [0.15, 0.2) is 65.9 Å². The third-order valence-electron chi connectivity index (χ3n) is 4.41. The van der Waals surface area contributed by atoms with E-state index < -0.39 is 23.9 Å². The number of nitrogens with one attached hydrogen (secondary N) is 1. The van der Waals surface area contributed by atoms with E-state index in [0.717, 1.165) is 0 Å². The number of benzene rings is 2. The van der Waals surface area contributed by atoms with Gasteiger partial charge in [-0.1, -0.05) is 36.4 Å². The van der Waals surface area contributed by atoms with E-state index in [1.165, 1.54) is 24.1 Å². The molecule has 0 saturated carbocycles. The fraction of sp³-hybridized carbons (Fsp3) is 0.238. The lowest BCUT2D eigenvalue weighted by atomic mass is 9.94. The Morgan fingerprint density at radius 1 is 1.14 bits per heavy atom. The molecule has 28 heavy (non-hydrogen) atoms. The lowest BCUT2D eigenvalue weighted by molar-refractivity contribution is -0.139. The second-order valence-corrected chi connectivity index (χ2v) is 6.15. The van der Waals surface area contributed by atoms with Crippen molar-refractivity contribution in [2.75, 3.05) is 20.3 Å². The third kappa shape index (κ3) is 3.98. The summed E-state index contributed by atoms with van der Waals surface area (Å²) < 4.78 is 25.4. The van der Waals surface area contributed by atoms with E-state index in [1.807, 2.05) is 18.2 Å². The lowest BCUT2D eigenvalue weighted by Gasteiger charge is -2.34. The van der Waals surface area contributed by atoms with Gasteiger partial charge >= 0.3 is 12.0 Å². The Kier molecular flexibility index (Phi) is 5.93. The Labute approximate surface area is 162 Å². The molecule has 0 bridgehead atoms. The highest BCUT2D eigenvalue weighted by Crippen LogP contribution is 2.32. The summed E-state index contributed by atoms with van der Waals surface area (Å²) in [5, 5.41) is 2.67. The molecule has 2 aromatic rings. The second kappa shape index (κ2) is 8.56. The van der Waals surface area contributed by atoms with Crippen molar-refractivity contribution in [3.63, 3.8) is 0 Å². The van der Waals surface area contributed by atoms with Gasteiger partial charge in [0.15, 0.2) is 0 Å². The monoisotopic (exact) mass is 384 g/mol. The Hall–Kier alpha value is -3.35. The summed E-state index contributed by atoms with van der Waals surface area (Å²) in [6.45, 7) is 1.78. The quantitative estimate of drug-likeness (QED) is 0.775. The number of carbonyl (C=O) groups is 2. The van der Waals surface area contributed by atoms with Crippen LogP contribution in [0.1, 0.15) is 18.5 Å². The molecule has 1 atom stereocenters. The maximum Gasteiger partial charge on any atom is 0.338 e. The Bertz CT molecular complexity index is 898. The summed E-state index contributed by atoms with van der Waals surface area (Å²) in [7, 11) is 1.52. The van der Waals surface area contributed by atoms with Gasteiger partial charge in [-0.2, -0.15) is 0 Å². The number of urea groups is 1. The molecular formula is C21H21FN2O4. The van der Waals surface area contributed by atoms with Crippen LogP contribution in [-0.4, -0.2) is 37.2 Å². The summed E-state index contributed by atoms with van der Waals surface area (Å²) in [6, 6.07) is 13.6. The topological polar surface area (TPSA) is 67.9 Å². The lowest BCUT2D eigenvalue weighted by Crippen LogP contribution is -2.48. The van der Waals surface area contributed by atoms with Gasteiger partial charge in [0.1, 0.15) is 18.2 Å². The molecule has 146 valence electrons. The Balaban J connectivity index is 2.05. The number of likely N-dealkylation sites (N-methyl/N-ethyl adjacent to an activating group) is 1. The molecule has 0 spiro atoms. The molecule has 1 unspecified atom stereocenters. The average Bonchev–Trinajstić information content (AvgIpc) is 2.70. The first kappa shape index (κ1) is 19.4. The number of amides is 2. The standard InChI is InChI=1S/C21H21FN2O4/c1-3-27-20(25)18-17(13-28-14-9-5-4-6-10-14)24(2)21(26)23-19(18)15-11-7-8-12-16(15)22/h4-12,19H,3,13H2,1-2H3,(H,23,26). The van der Waals surface area contributed by atoms with E-state index in [0.29, 0.717) is 11.4 Å². The zero-order valence-electron chi connectivity index (χ0n) is 15.6. The number of esters is 1. The number of ether oxygens (including phenoxy) is 2. The average molecular weight is 384 g/mol. The van der Waals surface area contributed by atoms with Crippen LogP contribution < -0.4 is 10.1 Å². The summed E-state index contributed by atoms with van der Waals surface area (Å²) in [4.78, 5) is 26.5. The summed E-state index contributed by atoms with van der Waals surface area (Å²) in [5.74, 6) is -0.572. The molecule has 1 aliphatic heterocycles. The fourth-order valence-electron chi connectivity index (χ4n) is 2.99. The van der Waals surface area contributed by atoms with Gasteiger partial charge in [-0.15, -0.1) is 0 Å². The Morgan fingerprint density at radius 3 is 2.50 bits per heavy atom. The highest BCUT2D eigenvalue weighted by atomic mass is 19.1. The molecule has 3 rings (SSSR count). The smallest absolute Gasteiger partial charge is 0.338 e. The fourth-order valence-corrected chi connectivity index (χ4v) is 2.99. The summed E-state index contributed by atoms with van der Waals surface area (Å²) in [6.07, 6.45) is 0. The van der Waals surface area contributed by atoms with Gasteiger partial charge in [-0.3, -0.25) is 4.90 Å². The predicted molar refractivity (Wildman–Crippen MR) is 101 cm³/mol. The first-order chi connectivity index (χ1) is 13.5. The number of carbonyl (C=O) groups excluding carboxylic acids is 2. The molecule has 0 aromatic heterocycles. The molecular weight excluding hydrogens is 363 g/mol. The maximum absolute atomic E-state index is 14.4. The van der Waals surface area contributed by atoms with Crippen LogP contribution in [0.3, 0.4) is 0 Å². The molecule has 1 N–H and O–H groups in total. The highest BCUT2D eigenvalue weighted by Gasteiger charge is 2.38. The van der Waals surface area contributed by atoms with Crippen LogP contribution in [-0.2, 0) is 9.53 Å². The first-order valence-corrected chi connectivity index (χ1v) is 8.89. The van der Waals surface area contributed by atoms with Crippen molar-refractivity contribution in [3.05, 3.63) is 77.2 Å². The van der Waals surface area contributed by atoms with Gasteiger partial charge < -0.3 is 14.8 Å². The van der Waals surface area contributed by atoms with Gasteiger partial charge in [0.05, 0.1) is 23.9 Å². The van der Waals surface area contributed by atoms with Crippen molar-refractivity contribution < 1.29 is 23.5 Å². The van der Waals surface area contributed by atoms with Crippen molar-refractivity contribution in [1.82, 2.24) is 10.2 Å². The van der Waals surface area contributed by atoms with Crippen LogP contribution in [0, 0.1) is 5.82 Å². The summed E-state index contributed by atoms with van der Waals surface area (Å²) in [5.41, 5.74) is 0.647. The van der Waals surface area contributed by atoms with E-state index >= 15 is 0 Å². The zero-order chi connectivity index (χ0) is 20.1. The molecule has 0 aliphatic carbocycles. The van der Waals surface area contributed by atoms with Crippen LogP contribution in [0.4, 0.5) is 9.18 Å². The van der Waals surface area contributed by atoms with Crippen LogP contribution in [0.5, 0.6) is 5.75 Å². The second-order valence-electron chi connectivity index (χ2n) is 6.15. The number of hydrogen-bond acceptors (Lipinski definition) is 4. The minimum Gasteiger partial charge on any atom is -0.487 e. The van der Waals surface area contributed by atoms with Gasteiger partial charge in [0.2, 0.25) is 0 Å². The van der Waals surface area contributed by atoms with E-state index in [1.54, 1.807) is 31.2 Å². The predicted octanol–water partition coefficient (Wildman–Crippen LogP) is 3.42. The highest BCUT2D eigenvalue weighted by molar-refractivity contribution is 5.95. The molecule has 2 aromatic carbocycles. The molecule has 0 radical (unpaired) electrons. The van der Waals surface area contributed by atoms with Crippen molar-refractivity contribution in [3.8, 4) is 5.75 Å². The van der Waals surface area contributed by atoms with Crippen molar-refractivity contribution >= 4 is 12.0 Å². The number of rotatable bonds is 6. The SMILES string of the molecule is CCOC(=O)C1=C(COc2ccccc2)N(C)C(=O)NC1c1ccccc1F. The molecule has 1 heterocycles. The van der Waals surface area contributed by atoms with Crippen LogP contribution >= 0.6 is 0 Å². The minimum atomic E-state index is -0.974. The van der Waals surface area contributed by atoms with E-state index in [-0.39, 0.29) is 24.4 Å². The van der Waals surface area contributed by atoms with E-state index in [9.17, 15) is 14.0 Å². The maximum atomic E-state index is 14.4. The van der Waals surface area contributed by atoms with E-state index in [2.05, 4.69) is 5.32 Å². The Morgan fingerprint density at radius 2 is 1.82 bits per heavy atom. The van der Waals surface area contributed by atoms with Crippen LogP contribution in [0.2, 0.25) is 0 Å². The van der Waals surface area contributed by atoms with Gasteiger partial charge in [0, 0.05) is 12.6 Å². The van der Waals surface area contributed by atoms with Crippen molar-refractivity contribution in [2.24, 2.45) is 0 Å². The summed E-state index contributed by atoms with van der Waals surface area (Å²) >= 11 is 0. The third-order valence-corrected chi connectivity index (χ3v) is 4.41. The number of nitrogens with zero attached hydrogens (tertiary/aromatic N) is 1. The van der Waals surface area contributed by atoms with Crippen molar-refractivity contribution in [2.45, 2.75) is 13.0 Å².